The average molecular weight is 400 g/mol. The molecule has 1 aliphatic carbocycles. The number of urea groups is 1. The number of anilines is 3. The van der Waals surface area contributed by atoms with E-state index in [1.54, 1.807) is 19.1 Å². The number of rotatable bonds is 4. The number of fused-ring (bicyclic) bond motifs is 1. The largest absolute Gasteiger partial charge is 0.495 e. The van der Waals surface area contributed by atoms with Crippen LogP contribution in [0.25, 0.3) is 0 Å². The fourth-order valence-electron chi connectivity index (χ4n) is 4.12. The zero-order chi connectivity index (χ0) is 20.7. The van der Waals surface area contributed by atoms with E-state index in [0.29, 0.717) is 37.4 Å². The maximum absolute atomic E-state index is 12.2. The number of hydrogen-bond donors (Lipinski definition) is 3. The summed E-state index contributed by atoms with van der Waals surface area (Å²) >= 11 is 0. The van der Waals surface area contributed by atoms with Gasteiger partial charge in [0.25, 0.3) is 0 Å². The molecule has 1 aromatic carbocycles. The second kappa shape index (κ2) is 7.47. The summed E-state index contributed by atoms with van der Waals surface area (Å²) in [5.74, 6) is 1.42. The second-order valence-electron chi connectivity index (χ2n) is 7.68. The fourth-order valence-corrected chi connectivity index (χ4v) is 4.12. The van der Waals surface area contributed by atoms with Gasteiger partial charge in [0.1, 0.15) is 5.75 Å². The number of nitrogens with zero attached hydrogens (tertiary/aromatic N) is 4. The summed E-state index contributed by atoms with van der Waals surface area (Å²) in [6.07, 6.45) is 1.91. The number of aliphatic hydroxyl groups excluding tert-OH is 1. The number of nitrogens with two attached hydrogens (primary N) is 1. The monoisotopic (exact) mass is 400 g/mol. The maximum atomic E-state index is 12.2. The molecule has 1 aliphatic heterocycles. The Morgan fingerprint density at radius 2 is 2.17 bits per heavy atom. The first-order valence-electron chi connectivity index (χ1n) is 9.85. The van der Waals surface area contributed by atoms with Gasteiger partial charge in [-0.3, -0.25) is 4.68 Å². The predicted molar refractivity (Wildman–Crippen MR) is 111 cm³/mol. The van der Waals surface area contributed by atoms with Gasteiger partial charge in [0, 0.05) is 50.1 Å². The summed E-state index contributed by atoms with van der Waals surface area (Å²) < 4.78 is 7.42. The van der Waals surface area contributed by atoms with E-state index >= 15 is 0 Å². The van der Waals surface area contributed by atoms with E-state index in [2.05, 4.69) is 10.00 Å². The van der Waals surface area contributed by atoms with Crippen molar-refractivity contribution in [2.24, 2.45) is 0 Å². The van der Waals surface area contributed by atoms with Crippen molar-refractivity contribution in [3.63, 3.8) is 0 Å². The molecule has 0 radical (unpaired) electrons. The number of amides is 2. The van der Waals surface area contributed by atoms with E-state index in [1.807, 2.05) is 30.1 Å². The van der Waals surface area contributed by atoms with E-state index in [1.165, 1.54) is 0 Å². The number of methoxy groups -OCH3 is 1. The lowest BCUT2D eigenvalue weighted by Crippen LogP contribution is -2.42. The molecule has 0 atom stereocenters. The van der Waals surface area contributed by atoms with Crippen LogP contribution in [0, 0.1) is 0 Å². The molecule has 0 spiro atoms. The SMILES string of the molecule is CNC(=O)N1CCc2c(c(N(C)c3ccc(N)c(OC)c3)nn2C2CC(O)C2)C1. The molecule has 1 aromatic heterocycles. The number of nitrogens with one attached hydrogen (secondary N) is 1. The average Bonchev–Trinajstić information content (AvgIpc) is 3.09. The summed E-state index contributed by atoms with van der Waals surface area (Å²) in [5, 5.41) is 17.4. The number of aliphatic hydroxyl groups is 1. The van der Waals surface area contributed by atoms with Crippen LogP contribution in [0.5, 0.6) is 5.75 Å². The molecule has 29 heavy (non-hydrogen) atoms. The van der Waals surface area contributed by atoms with Crippen molar-refractivity contribution in [3.05, 3.63) is 29.5 Å². The van der Waals surface area contributed by atoms with E-state index in [0.717, 1.165) is 29.2 Å². The highest BCUT2D eigenvalue weighted by Crippen LogP contribution is 2.39. The molecular formula is C20H28N6O3. The van der Waals surface area contributed by atoms with Gasteiger partial charge in [0.15, 0.2) is 5.82 Å². The van der Waals surface area contributed by atoms with Gasteiger partial charge >= 0.3 is 6.03 Å². The Bertz CT molecular complexity index is 921. The number of nitrogen functional groups attached to an aromatic ring is 1. The second-order valence-corrected chi connectivity index (χ2v) is 7.68. The highest BCUT2D eigenvalue weighted by molar-refractivity contribution is 5.75. The summed E-state index contributed by atoms with van der Waals surface area (Å²) in [7, 11) is 5.19. The van der Waals surface area contributed by atoms with Crippen LogP contribution in [0.1, 0.15) is 30.1 Å². The van der Waals surface area contributed by atoms with Gasteiger partial charge in [0.2, 0.25) is 0 Å². The Balaban J connectivity index is 1.73. The van der Waals surface area contributed by atoms with Crippen LogP contribution >= 0.6 is 0 Å². The first-order valence-corrected chi connectivity index (χ1v) is 9.85. The molecule has 156 valence electrons. The summed E-state index contributed by atoms with van der Waals surface area (Å²) in [6.45, 7) is 1.14. The Hall–Kier alpha value is -2.94. The number of carbonyl (C=O) groups excluding carboxylic acids is 1. The quantitative estimate of drug-likeness (QED) is 0.673. The van der Waals surface area contributed by atoms with E-state index in [9.17, 15) is 9.90 Å². The van der Waals surface area contributed by atoms with Crippen molar-refractivity contribution in [3.8, 4) is 5.75 Å². The zero-order valence-electron chi connectivity index (χ0n) is 17.1. The van der Waals surface area contributed by atoms with Gasteiger partial charge in [0.05, 0.1) is 31.5 Å². The van der Waals surface area contributed by atoms with Gasteiger partial charge in [-0.15, -0.1) is 0 Å². The first kappa shape index (κ1) is 19.4. The number of carbonyl (C=O) groups is 1. The predicted octanol–water partition coefficient (Wildman–Crippen LogP) is 1.64. The Labute approximate surface area is 170 Å². The van der Waals surface area contributed by atoms with Crippen molar-refractivity contribution in [1.29, 1.82) is 0 Å². The fraction of sp³-hybridized carbons (Fsp3) is 0.500. The third-order valence-corrected chi connectivity index (χ3v) is 5.92. The Morgan fingerprint density at radius 3 is 2.83 bits per heavy atom. The first-order chi connectivity index (χ1) is 13.9. The van der Waals surface area contributed by atoms with Gasteiger partial charge in [-0.05, 0) is 25.0 Å². The van der Waals surface area contributed by atoms with Crippen LogP contribution < -0.4 is 20.7 Å². The third-order valence-electron chi connectivity index (χ3n) is 5.92. The number of hydrogen-bond acceptors (Lipinski definition) is 6. The van der Waals surface area contributed by atoms with Crippen LogP contribution in [-0.2, 0) is 13.0 Å². The van der Waals surface area contributed by atoms with Gasteiger partial charge in [-0.25, -0.2) is 4.79 Å². The Morgan fingerprint density at radius 1 is 1.41 bits per heavy atom. The molecule has 1 saturated carbocycles. The zero-order valence-corrected chi connectivity index (χ0v) is 17.1. The molecule has 0 unspecified atom stereocenters. The smallest absolute Gasteiger partial charge is 0.317 e. The molecule has 4 N–H and O–H groups in total. The third kappa shape index (κ3) is 3.35. The van der Waals surface area contributed by atoms with E-state index < -0.39 is 0 Å². The van der Waals surface area contributed by atoms with Crippen molar-refractivity contribution in [1.82, 2.24) is 20.0 Å². The van der Waals surface area contributed by atoms with Crippen LogP contribution in [0.2, 0.25) is 0 Å². The molecule has 9 heteroatoms. The van der Waals surface area contributed by atoms with E-state index in [-0.39, 0.29) is 18.2 Å². The molecule has 4 rings (SSSR count). The van der Waals surface area contributed by atoms with Crippen molar-refractivity contribution in [2.75, 3.05) is 38.4 Å². The minimum absolute atomic E-state index is 0.0924. The number of aromatic nitrogens is 2. The molecule has 2 heterocycles. The molecule has 2 aliphatic rings. The highest BCUT2D eigenvalue weighted by Gasteiger charge is 2.36. The normalized spacial score (nSPS) is 20.6. The summed E-state index contributed by atoms with van der Waals surface area (Å²) in [6, 6.07) is 5.73. The van der Waals surface area contributed by atoms with Gasteiger partial charge in [-0.1, -0.05) is 0 Å². The number of ether oxygens (including phenoxy) is 1. The molecule has 0 saturated heterocycles. The van der Waals surface area contributed by atoms with Crippen LogP contribution in [0.15, 0.2) is 18.2 Å². The standard InChI is InChI=1S/C20H28N6O3/c1-22-20(28)25-7-6-17-15(11-25)19(23-26(17)13-8-14(27)9-13)24(2)12-4-5-16(21)18(10-12)29-3/h4-5,10,13-14,27H,6-9,11,21H2,1-3H3,(H,22,28). The molecule has 9 nitrogen and oxygen atoms in total. The Kier molecular flexibility index (Phi) is 4.99. The topological polar surface area (TPSA) is 109 Å². The number of benzene rings is 1. The van der Waals surface area contributed by atoms with Crippen LogP contribution in [-0.4, -0.2) is 59.7 Å². The molecular weight excluding hydrogens is 372 g/mol. The van der Waals surface area contributed by atoms with Gasteiger partial charge < -0.3 is 30.7 Å². The minimum Gasteiger partial charge on any atom is -0.495 e. The van der Waals surface area contributed by atoms with Crippen LogP contribution in [0.4, 0.5) is 22.0 Å². The van der Waals surface area contributed by atoms with Crippen molar-refractivity contribution in [2.45, 2.75) is 38.0 Å². The lowest BCUT2D eigenvalue weighted by molar-refractivity contribution is 0.0419. The van der Waals surface area contributed by atoms with Crippen molar-refractivity contribution < 1.29 is 14.6 Å². The lowest BCUT2D eigenvalue weighted by Gasteiger charge is -2.34. The molecule has 0 bridgehead atoms. The maximum Gasteiger partial charge on any atom is 0.317 e. The minimum atomic E-state index is -0.256. The summed E-state index contributed by atoms with van der Waals surface area (Å²) in [5.41, 5.74) is 9.62. The molecule has 1 fully saturated rings. The molecule has 2 amide bonds. The van der Waals surface area contributed by atoms with Crippen molar-refractivity contribution >= 4 is 23.2 Å². The highest BCUT2D eigenvalue weighted by atomic mass is 16.5. The van der Waals surface area contributed by atoms with E-state index in [4.69, 9.17) is 15.6 Å². The lowest BCUT2D eigenvalue weighted by atomic mass is 9.89. The molecule has 2 aromatic rings. The summed E-state index contributed by atoms with van der Waals surface area (Å²) in [4.78, 5) is 16.0. The van der Waals surface area contributed by atoms with Crippen LogP contribution in [0.3, 0.4) is 0 Å². The van der Waals surface area contributed by atoms with Gasteiger partial charge in [-0.2, -0.15) is 5.10 Å².